The Balaban J connectivity index is 2.10. The number of nitrogens with one attached hydrogen (secondary N) is 1. The number of carbonyl (C=O) groups excluding carboxylic acids is 2. The van der Waals surface area contributed by atoms with E-state index < -0.39 is 0 Å². The van der Waals surface area contributed by atoms with Crippen molar-refractivity contribution in [1.82, 2.24) is 10.3 Å². The summed E-state index contributed by atoms with van der Waals surface area (Å²) in [5, 5.41) is 8.19. The molecule has 1 unspecified atom stereocenters. The highest BCUT2D eigenvalue weighted by Crippen LogP contribution is 2.25. The molecule has 23 heavy (non-hydrogen) atoms. The minimum Gasteiger partial charge on any atom is -0.491 e. The monoisotopic (exact) mass is 317 g/mol. The van der Waals surface area contributed by atoms with Crippen LogP contribution >= 0.6 is 0 Å². The number of benzene rings is 1. The Hall–Kier alpha value is -2.37. The molecule has 124 valence electrons. The Morgan fingerprint density at radius 2 is 1.96 bits per heavy atom. The molecule has 0 radical (unpaired) electrons. The van der Waals surface area contributed by atoms with Crippen molar-refractivity contribution in [2.75, 3.05) is 7.05 Å². The molecule has 0 spiro atoms. The second-order valence-corrected chi connectivity index (χ2v) is 5.86. The highest BCUT2D eigenvalue weighted by Gasteiger charge is 2.23. The fourth-order valence-corrected chi connectivity index (χ4v) is 2.39. The van der Waals surface area contributed by atoms with Crippen LogP contribution in [0.25, 0.3) is 0 Å². The number of ether oxygens (including phenoxy) is 1. The van der Waals surface area contributed by atoms with Crippen molar-refractivity contribution >= 4 is 17.5 Å². The van der Waals surface area contributed by atoms with Gasteiger partial charge in [0.25, 0.3) is 5.91 Å². The number of hydrogen-bond donors (Lipinski definition) is 1. The first-order chi connectivity index (χ1) is 10.9. The van der Waals surface area contributed by atoms with E-state index in [2.05, 4.69) is 10.4 Å². The smallest absolute Gasteiger partial charge is 0.267 e. The molecule has 0 aromatic heterocycles. The maximum Gasteiger partial charge on any atom is 0.267 e. The van der Waals surface area contributed by atoms with Crippen LogP contribution in [-0.4, -0.2) is 35.7 Å². The van der Waals surface area contributed by atoms with Crippen molar-refractivity contribution in [1.29, 1.82) is 0 Å². The summed E-state index contributed by atoms with van der Waals surface area (Å²) in [7, 11) is 1.56. The van der Waals surface area contributed by atoms with E-state index in [0.29, 0.717) is 18.6 Å². The molecule has 1 atom stereocenters. The fraction of sp³-hybridized carbons (Fsp3) is 0.471. The first kappa shape index (κ1) is 17.0. The van der Waals surface area contributed by atoms with Gasteiger partial charge in [-0.2, -0.15) is 5.10 Å². The lowest BCUT2D eigenvalue weighted by Crippen LogP contribution is -2.38. The summed E-state index contributed by atoms with van der Waals surface area (Å²) in [5.41, 5.74) is 1.29. The van der Waals surface area contributed by atoms with E-state index in [1.807, 2.05) is 45.0 Å². The fourth-order valence-electron chi connectivity index (χ4n) is 2.39. The number of hydrogen-bond acceptors (Lipinski definition) is 4. The van der Waals surface area contributed by atoms with Gasteiger partial charge in [-0.15, -0.1) is 0 Å². The average molecular weight is 317 g/mol. The molecule has 6 heteroatoms. The zero-order chi connectivity index (χ0) is 17.0. The maximum atomic E-state index is 12.3. The van der Waals surface area contributed by atoms with Crippen LogP contribution in [0.3, 0.4) is 0 Å². The van der Waals surface area contributed by atoms with Crippen molar-refractivity contribution in [2.45, 2.75) is 45.8 Å². The topological polar surface area (TPSA) is 71.0 Å². The Labute approximate surface area is 136 Å². The number of hydrazone groups is 1. The average Bonchev–Trinajstić information content (AvgIpc) is 2.49. The van der Waals surface area contributed by atoms with Gasteiger partial charge in [-0.3, -0.25) is 9.59 Å². The van der Waals surface area contributed by atoms with Crippen LogP contribution in [0.2, 0.25) is 0 Å². The predicted octanol–water partition coefficient (Wildman–Crippen LogP) is 2.26. The molecular formula is C17H23N3O3. The Morgan fingerprint density at radius 1 is 1.26 bits per heavy atom. The summed E-state index contributed by atoms with van der Waals surface area (Å²) in [4.78, 5) is 23.8. The summed E-state index contributed by atoms with van der Waals surface area (Å²) in [6.07, 6.45) is 0.734. The molecule has 0 saturated heterocycles. The van der Waals surface area contributed by atoms with Crippen molar-refractivity contribution in [3.63, 3.8) is 0 Å². The van der Waals surface area contributed by atoms with Crippen LogP contribution in [0.15, 0.2) is 29.4 Å². The van der Waals surface area contributed by atoms with Crippen molar-refractivity contribution in [3.8, 4) is 5.75 Å². The molecule has 2 amide bonds. The summed E-state index contributed by atoms with van der Waals surface area (Å²) >= 11 is 0. The van der Waals surface area contributed by atoms with E-state index in [4.69, 9.17) is 4.74 Å². The van der Waals surface area contributed by atoms with Gasteiger partial charge in [-0.05, 0) is 26.8 Å². The van der Waals surface area contributed by atoms with Crippen molar-refractivity contribution in [3.05, 3.63) is 29.8 Å². The number of rotatable bonds is 5. The third-order valence-corrected chi connectivity index (χ3v) is 3.57. The summed E-state index contributed by atoms with van der Waals surface area (Å²) in [6.45, 7) is 5.83. The lowest BCUT2D eigenvalue weighted by Gasteiger charge is -2.22. The van der Waals surface area contributed by atoms with Gasteiger partial charge in [0.15, 0.2) is 0 Å². The summed E-state index contributed by atoms with van der Waals surface area (Å²) in [5.74, 6) is 0.426. The van der Waals surface area contributed by atoms with Gasteiger partial charge in [0.05, 0.1) is 12.1 Å². The van der Waals surface area contributed by atoms with E-state index in [1.165, 1.54) is 5.01 Å². The largest absolute Gasteiger partial charge is 0.491 e. The highest BCUT2D eigenvalue weighted by atomic mass is 16.5. The molecule has 1 aliphatic heterocycles. The third-order valence-electron chi connectivity index (χ3n) is 3.57. The number of para-hydroxylation sites is 1. The molecular weight excluding hydrogens is 294 g/mol. The number of amides is 2. The first-order valence-corrected chi connectivity index (χ1v) is 7.79. The Bertz CT molecular complexity index is 625. The predicted molar refractivity (Wildman–Crippen MR) is 88.2 cm³/mol. The molecule has 0 aliphatic carbocycles. The second-order valence-electron chi connectivity index (χ2n) is 5.86. The van der Waals surface area contributed by atoms with Gasteiger partial charge in [-0.1, -0.05) is 18.2 Å². The van der Waals surface area contributed by atoms with E-state index in [1.54, 1.807) is 7.05 Å². The van der Waals surface area contributed by atoms with Crippen LogP contribution in [-0.2, 0) is 9.59 Å². The molecule has 1 heterocycles. The normalized spacial score (nSPS) is 16.1. The second kappa shape index (κ2) is 7.26. The quantitative estimate of drug-likeness (QED) is 0.905. The van der Waals surface area contributed by atoms with Gasteiger partial charge in [0, 0.05) is 25.5 Å². The minimum absolute atomic E-state index is 0.0569. The molecule has 1 aliphatic rings. The molecule has 0 saturated carbocycles. The number of carbonyl (C=O) groups is 2. The SMILES string of the molecule is CC(C)Oc1ccccc1C(C)NC(=O)C1=NN(C)C(=O)CC1. The Morgan fingerprint density at radius 3 is 2.61 bits per heavy atom. The summed E-state index contributed by atoms with van der Waals surface area (Å²) in [6, 6.07) is 7.42. The van der Waals surface area contributed by atoms with Gasteiger partial charge in [0.2, 0.25) is 5.91 Å². The molecule has 1 aromatic rings. The van der Waals surface area contributed by atoms with Crippen LogP contribution in [0.5, 0.6) is 5.75 Å². The lowest BCUT2D eigenvalue weighted by atomic mass is 10.1. The van der Waals surface area contributed by atoms with Crippen molar-refractivity contribution in [2.24, 2.45) is 5.10 Å². The van der Waals surface area contributed by atoms with E-state index in [9.17, 15) is 9.59 Å². The van der Waals surface area contributed by atoms with Gasteiger partial charge in [-0.25, -0.2) is 5.01 Å². The molecule has 2 rings (SSSR count). The summed E-state index contributed by atoms with van der Waals surface area (Å²) < 4.78 is 5.79. The molecule has 0 bridgehead atoms. The minimum atomic E-state index is -0.254. The molecule has 1 aromatic carbocycles. The third kappa shape index (κ3) is 4.31. The number of nitrogens with zero attached hydrogens (tertiary/aromatic N) is 2. The Kier molecular flexibility index (Phi) is 5.36. The van der Waals surface area contributed by atoms with Crippen LogP contribution in [0.1, 0.15) is 45.2 Å². The molecule has 1 N–H and O–H groups in total. The zero-order valence-corrected chi connectivity index (χ0v) is 14.0. The van der Waals surface area contributed by atoms with Crippen LogP contribution in [0, 0.1) is 0 Å². The van der Waals surface area contributed by atoms with Crippen molar-refractivity contribution < 1.29 is 14.3 Å². The highest BCUT2D eigenvalue weighted by molar-refractivity contribution is 6.39. The van der Waals surface area contributed by atoms with Crippen LogP contribution in [0.4, 0.5) is 0 Å². The lowest BCUT2D eigenvalue weighted by molar-refractivity contribution is -0.130. The molecule has 0 fully saturated rings. The van der Waals surface area contributed by atoms with Gasteiger partial charge < -0.3 is 10.1 Å². The zero-order valence-electron chi connectivity index (χ0n) is 14.0. The van der Waals surface area contributed by atoms with E-state index in [-0.39, 0.29) is 24.0 Å². The van der Waals surface area contributed by atoms with E-state index >= 15 is 0 Å². The first-order valence-electron chi connectivity index (χ1n) is 7.79. The van der Waals surface area contributed by atoms with E-state index in [0.717, 1.165) is 11.3 Å². The van der Waals surface area contributed by atoms with Gasteiger partial charge in [0.1, 0.15) is 11.5 Å². The van der Waals surface area contributed by atoms with Gasteiger partial charge >= 0.3 is 0 Å². The molecule has 6 nitrogen and oxygen atoms in total. The standard InChI is InChI=1S/C17H23N3O3/c1-11(2)23-15-8-6-5-7-13(15)12(3)18-17(22)14-9-10-16(21)20(4)19-14/h5-8,11-12H,9-10H2,1-4H3,(H,18,22). The maximum absolute atomic E-state index is 12.3. The van der Waals surface area contributed by atoms with Crippen LogP contribution < -0.4 is 10.1 Å².